The second kappa shape index (κ2) is 6.36. The van der Waals surface area contributed by atoms with Crippen molar-refractivity contribution in [2.45, 2.75) is 25.9 Å². The monoisotopic (exact) mass is 246 g/mol. The number of carbonyl (C=O) groups excluding carboxylic acids is 1. The molecule has 1 aromatic rings. The first-order valence-electron chi connectivity index (χ1n) is 6.36. The van der Waals surface area contributed by atoms with E-state index in [0.717, 1.165) is 18.4 Å². The smallest absolute Gasteiger partial charge is 0.230 e. The van der Waals surface area contributed by atoms with Gasteiger partial charge in [0, 0.05) is 6.61 Å². The van der Waals surface area contributed by atoms with Gasteiger partial charge in [-0.25, -0.2) is 0 Å². The van der Waals surface area contributed by atoms with Gasteiger partial charge in [0.2, 0.25) is 5.78 Å². The second-order valence-corrected chi connectivity index (χ2v) is 4.17. The Morgan fingerprint density at radius 2 is 2.17 bits per heavy atom. The molecule has 0 N–H and O–H groups in total. The van der Waals surface area contributed by atoms with Crippen LogP contribution in [0.2, 0.25) is 0 Å². The molecule has 0 spiro atoms. The molecule has 1 heterocycles. The fourth-order valence-electron chi connectivity index (χ4n) is 1.98. The van der Waals surface area contributed by atoms with Crippen molar-refractivity contribution in [3.8, 4) is 0 Å². The lowest BCUT2D eigenvalue weighted by molar-refractivity contribution is -0.130. The minimum absolute atomic E-state index is 0.0808. The van der Waals surface area contributed by atoms with E-state index in [4.69, 9.17) is 9.47 Å². The Hall–Kier alpha value is -1.61. The number of ether oxygens (including phenoxy) is 2. The molecule has 0 radical (unpaired) electrons. The van der Waals surface area contributed by atoms with E-state index in [-0.39, 0.29) is 5.78 Å². The summed E-state index contributed by atoms with van der Waals surface area (Å²) in [5, 5.41) is 0. The maximum atomic E-state index is 12.4. The molecular formula is C15H18O3. The van der Waals surface area contributed by atoms with Crippen molar-refractivity contribution in [3.05, 3.63) is 47.7 Å². The van der Waals surface area contributed by atoms with Gasteiger partial charge in [-0.05, 0) is 31.4 Å². The zero-order valence-electron chi connectivity index (χ0n) is 10.6. The van der Waals surface area contributed by atoms with Gasteiger partial charge in [0.1, 0.15) is 6.10 Å². The third-order valence-electron chi connectivity index (χ3n) is 2.85. The topological polar surface area (TPSA) is 35.5 Å². The van der Waals surface area contributed by atoms with Crippen molar-refractivity contribution >= 4 is 5.78 Å². The molecule has 96 valence electrons. The predicted octanol–water partition coefficient (Wildman–Crippen LogP) is 3.03. The third-order valence-corrected chi connectivity index (χ3v) is 2.85. The van der Waals surface area contributed by atoms with Gasteiger partial charge in [-0.15, -0.1) is 0 Å². The van der Waals surface area contributed by atoms with Crippen molar-refractivity contribution < 1.29 is 14.3 Å². The number of hydrogen-bond donors (Lipinski definition) is 0. The van der Waals surface area contributed by atoms with E-state index in [1.165, 1.54) is 0 Å². The Bertz CT molecular complexity index is 423. The Morgan fingerprint density at radius 3 is 2.78 bits per heavy atom. The Labute approximate surface area is 107 Å². The molecule has 1 atom stereocenters. The first-order chi connectivity index (χ1) is 8.83. The minimum atomic E-state index is -0.555. The molecule has 1 aliphatic rings. The molecule has 3 heteroatoms. The third kappa shape index (κ3) is 2.99. The molecule has 0 saturated carbocycles. The predicted molar refractivity (Wildman–Crippen MR) is 69.1 cm³/mol. The molecule has 3 nitrogen and oxygen atoms in total. The molecule has 1 aromatic carbocycles. The molecular weight excluding hydrogens is 228 g/mol. The van der Waals surface area contributed by atoms with E-state index in [1.807, 2.05) is 43.3 Å². The van der Waals surface area contributed by atoms with Crippen LogP contribution in [-0.2, 0) is 14.3 Å². The molecule has 0 aromatic heterocycles. The zero-order valence-corrected chi connectivity index (χ0v) is 10.6. The van der Waals surface area contributed by atoms with Gasteiger partial charge >= 0.3 is 0 Å². The van der Waals surface area contributed by atoms with Crippen LogP contribution in [0.5, 0.6) is 0 Å². The van der Waals surface area contributed by atoms with Gasteiger partial charge in [0.25, 0.3) is 0 Å². The summed E-state index contributed by atoms with van der Waals surface area (Å²) in [4.78, 5) is 12.4. The van der Waals surface area contributed by atoms with Gasteiger partial charge in [-0.1, -0.05) is 30.3 Å². The first-order valence-corrected chi connectivity index (χ1v) is 6.36. The zero-order chi connectivity index (χ0) is 12.8. The van der Waals surface area contributed by atoms with Gasteiger partial charge < -0.3 is 9.47 Å². The van der Waals surface area contributed by atoms with E-state index < -0.39 is 6.10 Å². The Balaban J connectivity index is 2.19. The van der Waals surface area contributed by atoms with E-state index in [2.05, 4.69) is 0 Å². The fourth-order valence-corrected chi connectivity index (χ4v) is 1.98. The van der Waals surface area contributed by atoms with Crippen LogP contribution in [0.1, 0.15) is 31.4 Å². The van der Waals surface area contributed by atoms with Crippen molar-refractivity contribution in [3.63, 3.8) is 0 Å². The minimum Gasteiger partial charge on any atom is -0.490 e. The Morgan fingerprint density at radius 1 is 1.39 bits per heavy atom. The molecule has 2 rings (SSSR count). The molecule has 0 bridgehead atoms. The summed E-state index contributed by atoms with van der Waals surface area (Å²) >= 11 is 0. The fraction of sp³-hybridized carbons (Fsp3) is 0.400. The summed E-state index contributed by atoms with van der Waals surface area (Å²) in [5.74, 6) is 0.367. The van der Waals surface area contributed by atoms with Crippen molar-refractivity contribution in [1.82, 2.24) is 0 Å². The van der Waals surface area contributed by atoms with Crippen LogP contribution < -0.4 is 0 Å². The number of hydrogen-bond acceptors (Lipinski definition) is 3. The van der Waals surface area contributed by atoms with E-state index >= 15 is 0 Å². The van der Waals surface area contributed by atoms with Gasteiger partial charge in [-0.2, -0.15) is 0 Å². The van der Waals surface area contributed by atoms with Crippen LogP contribution >= 0.6 is 0 Å². The molecule has 0 fully saturated rings. The number of benzene rings is 1. The number of ketones is 1. The quantitative estimate of drug-likeness (QED) is 0.801. The highest BCUT2D eigenvalue weighted by Crippen LogP contribution is 2.24. The molecule has 0 saturated heterocycles. The molecule has 1 aliphatic heterocycles. The molecule has 1 unspecified atom stereocenters. The van der Waals surface area contributed by atoms with E-state index in [0.29, 0.717) is 19.0 Å². The highest BCUT2D eigenvalue weighted by molar-refractivity contribution is 5.97. The van der Waals surface area contributed by atoms with Crippen LogP contribution in [0.25, 0.3) is 0 Å². The summed E-state index contributed by atoms with van der Waals surface area (Å²) in [6, 6.07) is 9.55. The lowest BCUT2D eigenvalue weighted by atomic mass is 10.0. The van der Waals surface area contributed by atoms with Crippen LogP contribution in [0.3, 0.4) is 0 Å². The summed E-state index contributed by atoms with van der Waals surface area (Å²) in [5.41, 5.74) is 0.874. The van der Waals surface area contributed by atoms with Crippen LogP contribution in [0.4, 0.5) is 0 Å². The van der Waals surface area contributed by atoms with Gasteiger partial charge in [0.05, 0.1) is 6.61 Å². The normalized spacial score (nSPS) is 16.6. The Kier molecular flexibility index (Phi) is 4.53. The number of allylic oxidation sites excluding steroid dienone is 1. The standard InChI is InChI=1S/C15H18O3/c1-2-17-15(12-8-4-3-5-9-12)14(16)13-10-6-7-11-18-13/h3-5,8-10,15H,2,6-7,11H2,1H3. The summed E-state index contributed by atoms with van der Waals surface area (Å²) in [6.07, 6.45) is 3.18. The van der Waals surface area contributed by atoms with Crippen LogP contribution in [-0.4, -0.2) is 19.0 Å². The largest absolute Gasteiger partial charge is 0.490 e. The average Bonchev–Trinajstić information content (AvgIpc) is 2.46. The van der Waals surface area contributed by atoms with Crippen molar-refractivity contribution in [1.29, 1.82) is 0 Å². The maximum absolute atomic E-state index is 12.4. The van der Waals surface area contributed by atoms with Crippen LogP contribution in [0.15, 0.2) is 42.2 Å². The SMILES string of the molecule is CCOC(C(=O)C1=CCCCO1)c1ccccc1. The summed E-state index contributed by atoms with van der Waals surface area (Å²) in [7, 11) is 0. The highest BCUT2D eigenvalue weighted by Gasteiger charge is 2.26. The highest BCUT2D eigenvalue weighted by atomic mass is 16.5. The van der Waals surface area contributed by atoms with Crippen molar-refractivity contribution in [2.24, 2.45) is 0 Å². The lowest BCUT2D eigenvalue weighted by Gasteiger charge is -2.20. The summed E-state index contributed by atoms with van der Waals surface area (Å²) < 4.78 is 11.0. The van der Waals surface area contributed by atoms with Crippen LogP contribution in [0, 0.1) is 0 Å². The van der Waals surface area contributed by atoms with E-state index in [1.54, 1.807) is 0 Å². The second-order valence-electron chi connectivity index (χ2n) is 4.17. The number of Topliss-reactive ketones (excluding diaryl/α,β-unsaturated/α-hetero) is 1. The van der Waals surface area contributed by atoms with E-state index in [9.17, 15) is 4.79 Å². The first kappa shape index (κ1) is 12.8. The molecule has 0 amide bonds. The summed E-state index contributed by atoms with van der Waals surface area (Å²) in [6.45, 7) is 3.00. The molecule has 0 aliphatic carbocycles. The maximum Gasteiger partial charge on any atom is 0.230 e. The van der Waals surface area contributed by atoms with Gasteiger partial charge in [0.15, 0.2) is 5.76 Å². The van der Waals surface area contributed by atoms with Crippen molar-refractivity contribution in [2.75, 3.05) is 13.2 Å². The number of carbonyl (C=O) groups is 1. The molecule has 18 heavy (non-hydrogen) atoms. The number of rotatable bonds is 5. The lowest BCUT2D eigenvalue weighted by Crippen LogP contribution is -2.21. The average molecular weight is 246 g/mol. The van der Waals surface area contributed by atoms with Gasteiger partial charge in [-0.3, -0.25) is 4.79 Å².